The van der Waals surface area contributed by atoms with Crippen molar-refractivity contribution in [2.75, 3.05) is 0 Å². The van der Waals surface area contributed by atoms with E-state index in [4.69, 9.17) is 9.16 Å². The van der Waals surface area contributed by atoms with Crippen LogP contribution in [0.4, 0.5) is 0 Å². The first-order chi connectivity index (χ1) is 22.8. The first kappa shape index (κ1) is 39.4. The van der Waals surface area contributed by atoms with Gasteiger partial charge in [-0.3, -0.25) is 4.79 Å². The fourth-order valence-electron chi connectivity index (χ4n) is 6.69. The molecule has 6 nitrogen and oxygen atoms in total. The van der Waals surface area contributed by atoms with Crippen molar-refractivity contribution in [3.63, 3.8) is 0 Å². The van der Waals surface area contributed by atoms with E-state index >= 15 is 0 Å². The normalized spacial score (nSPS) is 14.7. The second kappa shape index (κ2) is 18.1. The highest BCUT2D eigenvalue weighted by molar-refractivity contribution is 7.89. The molecule has 3 rings (SSSR count). The zero-order chi connectivity index (χ0) is 35.5. The third kappa shape index (κ3) is 10.0. The summed E-state index contributed by atoms with van der Waals surface area (Å²) in [5, 5.41) is 0. The molecule has 48 heavy (non-hydrogen) atoms. The van der Waals surface area contributed by atoms with Gasteiger partial charge in [-0.1, -0.05) is 112 Å². The largest absolute Gasteiger partial charge is 0.456 e. The van der Waals surface area contributed by atoms with Crippen LogP contribution < -0.4 is 0 Å². The number of benzene rings is 3. The monoisotopic (exact) mass is 691 g/mol. The number of ether oxygens (including phenoxy) is 1. The summed E-state index contributed by atoms with van der Waals surface area (Å²) in [5.74, 6) is -0.189. The van der Waals surface area contributed by atoms with Gasteiger partial charge in [-0.2, -0.15) is 4.31 Å². The lowest BCUT2D eigenvalue weighted by Crippen LogP contribution is -2.43. The molecule has 0 fully saturated rings. The Bertz CT molecular complexity index is 1540. The van der Waals surface area contributed by atoms with Gasteiger partial charge in [0, 0.05) is 13.0 Å². The number of nitrogens with zero attached hydrogens (tertiary/aromatic N) is 1. The molecule has 3 aromatic rings. The number of sulfonamides is 1. The number of esters is 1. The Kier molecular flexibility index (Phi) is 14.8. The molecular weight excluding hydrogens is 635 g/mol. The molecule has 0 aromatic heterocycles. The van der Waals surface area contributed by atoms with Gasteiger partial charge in [0.2, 0.25) is 10.0 Å². The molecule has 0 radical (unpaired) electrons. The third-order valence-electron chi connectivity index (χ3n) is 9.79. The quantitative estimate of drug-likeness (QED) is 0.0711. The average molecular weight is 692 g/mol. The van der Waals surface area contributed by atoms with Crippen molar-refractivity contribution in [1.82, 2.24) is 4.31 Å². The van der Waals surface area contributed by atoms with Crippen LogP contribution in [-0.2, 0) is 30.5 Å². The Morgan fingerprint density at radius 3 is 1.96 bits per heavy atom. The van der Waals surface area contributed by atoms with Crippen LogP contribution in [0.15, 0.2) is 90.3 Å². The van der Waals surface area contributed by atoms with Crippen molar-refractivity contribution in [1.29, 1.82) is 0 Å². The Balaban J connectivity index is 1.93. The number of rotatable bonds is 19. The molecule has 0 aliphatic carbocycles. The molecule has 0 aliphatic heterocycles. The summed E-state index contributed by atoms with van der Waals surface area (Å²) < 4.78 is 43.9. The molecule has 0 saturated heterocycles. The van der Waals surface area contributed by atoms with Crippen LogP contribution in [0.25, 0.3) is 0 Å². The number of carbonyl (C=O) groups is 1. The van der Waals surface area contributed by atoms with Gasteiger partial charge in [-0.05, 0) is 86.8 Å². The molecule has 0 bridgehead atoms. The Labute approximate surface area is 291 Å². The van der Waals surface area contributed by atoms with Gasteiger partial charge in [-0.15, -0.1) is 6.58 Å². The Morgan fingerprint density at radius 2 is 1.44 bits per heavy atom. The summed E-state index contributed by atoms with van der Waals surface area (Å²) in [6, 6.07) is 25.3. The lowest BCUT2D eigenvalue weighted by Gasteiger charge is -2.36. The molecule has 1 unspecified atom stereocenters. The van der Waals surface area contributed by atoms with Crippen LogP contribution in [0.5, 0.6) is 0 Å². The summed E-state index contributed by atoms with van der Waals surface area (Å²) in [4.78, 5) is 13.9. The van der Waals surface area contributed by atoms with Crippen LogP contribution in [0.1, 0.15) is 87.8 Å². The number of aryl methyl sites for hydroxylation is 3. The molecule has 0 heterocycles. The van der Waals surface area contributed by atoms with Gasteiger partial charge < -0.3 is 9.16 Å². The van der Waals surface area contributed by atoms with Gasteiger partial charge in [0.1, 0.15) is 6.10 Å². The lowest BCUT2D eigenvalue weighted by molar-refractivity contribution is -0.152. The van der Waals surface area contributed by atoms with Crippen molar-refractivity contribution in [3.05, 3.63) is 113 Å². The van der Waals surface area contributed by atoms with E-state index in [2.05, 4.69) is 34.3 Å². The standard InChI is InChI=1S/C40H57NO5SSi/c1-10-31(6)37(46-48(11-2,12-3)13-4)25-20-26-38(42)45-39(36-23-18-15-19-24-36)34(9)41(29-35-21-16-14-17-22-35)47(43,44)40-32(7)27-30(5)28-33(40)8/h10,14-19,21-24,27-28,31,34,37,39H,1,11-13,20,25-26,29H2,2-9H3/t31?,34-,37-,39-/m0/s1. The fourth-order valence-corrected chi connectivity index (χ4v) is 11.7. The minimum atomic E-state index is -4.01. The predicted molar refractivity (Wildman–Crippen MR) is 200 cm³/mol. The van der Waals surface area contributed by atoms with E-state index in [1.165, 1.54) is 4.31 Å². The van der Waals surface area contributed by atoms with Crippen molar-refractivity contribution in [2.45, 2.75) is 122 Å². The molecule has 8 heteroatoms. The summed E-state index contributed by atoms with van der Waals surface area (Å²) >= 11 is 0. The van der Waals surface area contributed by atoms with Gasteiger partial charge in [-0.25, -0.2) is 8.42 Å². The van der Waals surface area contributed by atoms with E-state index < -0.39 is 30.5 Å². The van der Waals surface area contributed by atoms with E-state index in [1.54, 1.807) is 0 Å². The van der Waals surface area contributed by atoms with Crippen LogP contribution in [0, 0.1) is 26.7 Å². The van der Waals surface area contributed by atoms with Gasteiger partial charge >= 0.3 is 5.97 Å². The van der Waals surface area contributed by atoms with E-state index in [1.807, 2.05) is 107 Å². The number of carbonyl (C=O) groups excluding carboxylic acids is 1. The number of hydrogen-bond acceptors (Lipinski definition) is 5. The van der Waals surface area contributed by atoms with Crippen LogP contribution >= 0.6 is 0 Å². The van der Waals surface area contributed by atoms with Crippen molar-refractivity contribution < 1.29 is 22.4 Å². The van der Waals surface area contributed by atoms with E-state index in [-0.39, 0.29) is 31.0 Å². The van der Waals surface area contributed by atoms with Gasteiger partial charge in [0.05, 0.1) is 17.0 Å². The molecule has 0 aliphatic rings. The Hall–Kier alpha value is -3.04. The minimum Gasteiger partial charge on any atom is -0.456 e. The van der Waals surface area contributed by atoms with E-state index in [9.17, 15) is 13.2 Å². The highest BCUT2D eigenvalue weighted by atomic mass is 32.2. The average Bonchev–Trinajstić information content (AvgIpc) is 3.07. The van der Waals surface area contributed by atoms with Crippen LogP contribution in [0.3, 0.4) is 0 Å². The zero-order valence-corrected chi connectivity index (χ0v) is 32.2. The second-order valence-corrected chi connectivity index (χ2v) is 19.8. The van der Waals surface area contributed by atoms with Crippen LogP contribution in [0.2, 0.25) is 18.1 Å². The molecule has 0 spiro atoms. The summed E-state index contributed by atoms with van der Waals surface area (Å²) in [6.45, 7) is 20.4. The van der Waals surface area contributed by atoms with Crippen molar-refractivity contribution >= 4 is 24.3 Å². The van der Waals surface area contributed by atoms with E-state index in [0.29, 0.717) is 22.4 Å². The molecule has 262 valence electrons. The molecule has 0 amide bonds. The van der Waals surface area contributed by atoms with Gasteiger partial charge in [0.15, 0.2) is 8.32 Å². The van der Waals surface area contributed by atoms with Crippen molar-refractivity contribution in [2.24, 2.45) is 5.92 Å². The molecule has 0 N–H and O–H groups in total. The Morgan fingerprint density at radius 1 is 0.896 bits per heavy atom. The minimum absolute atomic E-state index is 0.00171. The summed E-state index contributed by atoms with van der Waals surface area (Å²) in [6.07, 6.45) is 2.66. The molecule has 3 aromatic carbocycles. The lowest BCUT2D eigenvalue weighted by atomic mass is 9.99. The number of hydrogen-bond donors (Lipinski definition) is 0. The maximum Gasteiger partial charge on any atom is 0.306 e. The summed E-state index contributed by atoms with van der Waals surface area (Å²) in [5.41, 5.74) is 3.98. The van der Waals surface area contributed by atoms with E-state index in [0.717, 1.165) is 41.2 Å². The maximum atomic E-state index is 14.6. The summed E-state index contributed by atoms with van der Waals surface area (Å²) in [7, 11) is -5.86. The zero-order valence-electron chi connectivity index (χ0n) is 30.4. The predicted octanol–water partition coefficient (Wildman–Crippen LogP) is 9.86. The fraction of sp³-hybridized carbons (Fsp3) is 0.475. The van der Waals surface area contributed by atoms with Gasteiger partial charge in [0.25, 0.3) is 0 Å². The first-order valence-electron chi connectivity index (χ1n) is 17.5. The second-order valence-electron chi connectivity index (χ2n) is 13.2. The van der Waals surface area contributed by atoms with Crippen LogP contribution in [-0.4, -0.2) is 39.2 Å². The highest BCUT2D eigenvalue weighted by Crippen LogP contribution is 2.34. The molecule has 4 atom stereocenters. The topological polar surface area (TPSA) is 72.9 Å². The SMILES string of the molecule is C=CC(C)[C@H](CCCC(=O)O[C@H](c1ccccc1)[C@H](C)N(Cc1ccccc1)S(=O)(=O)c1c(C)cc(C)cc1C)O[Si](CC)(CC)CC. The smallest absolute Gasteiger partial charge is 0.306 e. The van der Waals surface area contributed by atoms with Crippen molar-refractivity contribution in [3.8, 4) is 0 Å². The molecule has 0 saturated carbocycles. The highest BCUT2D eigenvalue weighted by Gasteiger charge is 2.38. The maximum absolute atomic E-state index is 14.6. The third-order valence-corrected chi connectivity index (χ3v) is 16.7. The first-order valence-corrected chi connectivity index (χ1v) is 21.5. The molecular formula is C40H57NO5SSi.